The Morgan fingerprint density at radius 1 is 1.24 bits per heavy atom. The van der Waals surface area contributed by atoms with E-state index in [1.54, 1.807) is 12.1 Å². The Morgan fingerprint density at radius 2 is 1.94 bits per heavy atom. The molecule has 17 heavy (non-hydrogen) atoms. The van der Waals surface area contributed by atoms with Gasteiger partial charge in [0, 0.05) is 13.1 Å². The first-order valence-electron chi connectivity index (χ1n) is 5.47. The maximum absolute atomic E-state index is 12.0. The molecule has 1 aromatic heterocycles. The monoisotopic (exact) mass is 275 g/mol. The number of pyridine rings is 1. The lowest BCUT2D eigenvalue weighted by Crippen LogP contribution is -2.39. The molecule has 1 aliphatic heterocycles. The van der Waals surface area contributed by atoms with E-state index in [-0.39, 0.29) is 0 Å². The van der Waals surface area contributed by atoms with Crippen molar-refractivity contribution in [2.24, 2.45) is 0 Å². The molecule has 0 unspecified atom stereocenters. The summed E-state index contributed by atoms with van der Waals surface area (Å²) in [5.74, 6) is 0. The maximum Gasteiger partial charge on any atom is 0.301 e. The van der Waals surface area contributed by atoms with Gasteiger partial charge in [0.05, 0.1) is 11.9 Å². The summed E-state index contributed by atoms with van der Waals surface area (Å²) in [5.41, 5.74) is 0.431. The summed E-state index contributed by atoms with van der Waals surface area (Å²) in [5, 5.41) is 0.339. The van der Waals surface area contributed by atoms with Crippen LogP contribution in [0.15, 0.2) is 18.3 Å². The third kappa shape index (κ3) is 3.31. The Bertz CT molecular complexity index is 469. The zero-order valence-electron chi connectivity index (χ0n) is 9.26. The summed E-state index contributed by atoms with van der Waals surface area (Å²) in [4.78, 5) is 3.83. The quantitative estimate of drug-likeness (QED) is 0.857. The fourth-order valence-corrected chi connectivity index (χ4v) is 3.15. The van der Waals surface area contributed by atoms with Crippen LogP contribution in [0.2, 0.25) is 5.15 Å². The number of halogens is 1. The number of nitrogens with zero attached hydrogens (tertiary/aromatic N) is 2. The third-order valence-electron chi connectivity index (χ3n) is 2.63. The topological polar surface area (TPSA) is 62.3 Å². The fourth-order valence-electron chi connectivity index (χ4n) is 1.75. The van der Waals surface area contributed by atoms with E-state index in [2.05, 4.69) is 9.71 Å². The molecule has 2 heterocycles. The molecule has 5 nitrogen and oxygen atoms in total. The Labute approximate surface area is 106 Å². The molecule has 1 saturated heterocycles. The van der Waals surface area contributed by atoms with Gasteiger partial charge in [0.2, 0.25) is 0 Å². The molecule has 0 spiro atoms. The average Bonchev–Trinajstić information content (AvgIpc) is 2.33. The van der Waals surface area contributed by atoms with Gasteiger partial charge in [-0.1, -0.05) is 18.0 Å². The Balaban J connectivity index is 2.08. The normalized spacial score (nSPS) is 17.9. The van der Waals surface area contributed by atoms with Crippen molar-refractivity contribution in [3.05, 3.63) is 23.5 Å². The van der Waals surface area contributed by atoms with Crippen LogP contribution in [0.5, 0.6) is 0 Å². The predicted molar refractivity (Wildman–Crippen MR) is 67.2 cm³/mol. The lowest BCUT2D eigenvalue weighted by atomic mass is 10.2. The first-order chi connectivity index (χ1) is 8.08. The number of hydrogen-bond donors (Lipinski definition) is 1. The van der Waals surface area contributed by atoms with E-state index >= 15 is 0 Å². The van der Waals surface area contributed by atoms with E-state index in [0.717, 1.165) is 19.3 Å². The number of anilines is 1. The van der Waals surface area contributed by atoms with E-state index in [9.17, 15) is 8.42 Å². The van der Waals surface area contributed by atoms with Crippen LogP contribution in [0.3, 0.4) is 0 Å². The second-order valence-corrected chi connectivity index (χ2v) is 5.99. The average molecular weight is 276 g/mol. The van der Waals surface area contributed by atoms with Gasteiger partial charge in [0.25, 0.3) is 0 Å². The van der Waals surface area contributed by atoms with E-state index in [1.807, 2.05) is 0 Å². The van der Waals surface area contributed by atoms with Gasteiger partial charge >= 0.3 is 10.2 Å². The highest BCUT2D eigenvalue weighted by Crippen LogP contribution is 2.16. The lowest BCUT2D eigenvalue weighted by molar-refractivity contribution is 0.349. The molecular weight excluding hydrogens is 262 g/mol. The van der Waals surface area contributed by atoms with Crippen LogP contribution in [0.4, 0.5) is 5.69 Å². The minimum absolute atomic E-state index is 0.339. The van der Waals surface area contributed by atoms with Gasteiger partial charge in [-0.25, -0.2) is 4.98 Å². The van der Waals surface area contributed by atoms with Crippen LogP contribution in [0.1, 0.15) is 19.3 Å². The van der Waals surface area contributed by atoms with Crippen molar-refractivity contribution >= 4 is 27.5 Å². The van der Waals surface area contributed by atoms with E-state index in [1.165, 1.54) is 10.5 Å². The van der Waals surface area contributed by atoms with Gasteiger partial charge in [-0.15, -0.1) is 0 Å². The molecule has 1 aromatic rings. The zero-order chi connectivity index (χ0) is 12.3. The van der Waals surface area contributed by atoms with Crippen LogP contribution in [-0.2, 0) is 10.2 Å². The standard InChI is InChI=1S/C10H14ClN3O2S/c11-10-5-4-9(8-12-10)13-17(15,16)14-6-2-1-3-7-14/h4-5,8,13H,1-3,6-7H2. The summed E-state index contributed by atoms with van der Waals surface area (Å²) in [7, 11) is -3.45. The summed E-state index contributed by atoms with van der Waals surface area (Å²) >= 11 is 5.63. The van der Waals surface area contributed by atoms with E-state index in [4.69, 9.17) is 11.6 Å². The molecule has 0 saturated carbocycles. The molecule has 2 rings (SSSR count). The van der Waals surface area contributed by atoms with Crippen molar-refractivity contribution < 1.29 is 8.42 Å². The molecule has 1 aliphatic rings. The van der Waals surface area contributed by atoms with Crippen LogP contribution in [-0.4, -0.2) is 30.8 Å². The Kier molecular flexibility index (Phi) is 3.86. The maximum atomic E-state index is 12.0. The molecular formula is C10H14ClN3O2S. The number of nitrogens with one attached hydrogen (secondary N) is 1. The van der Waals surface area contributed by atoms with Gasteiger partial charge in [-0.2, -0.15) is 12.7 Å². The molecule has 0 aliphatic carbocycles. The SMILES string of the molecule is O=S(=O)(Nc1ccc(Cl)nc1)N1CCCCC1. The van der Waals surface area contributed by atoms with Crippen LogP contribution < -0.4 is 4.72 Å². The first kappa shape index (κ1) is 12.6. The van der Waals surface area contributed by atoms with Crippen LogP contribution >= 0.6 is 11.6 Å². The second kappa shape index (κ2) is 5.20. The second-order valence-electron chi connectivity index (χ2n) is 3.94. The molecule has 1 fully saturated rings. The van der Waals surface area contributed by atoms with E-state index in [0.29, 0.717) is 23.9 Å². The Morgan fingerprint density at radius 3 is 2.53 bits per heavy atom. The molecule has 94 valence electrons. The summed E-state index contributed by atoms with van der Waals surface area (Å²) in [6, 6.07) is 3.15. The predicted octanol–water partition coefficient (Wildman–Crippen LogP) is 1.88. The van der Waals surface area contributed by atoms with Crippen molar-refractivity contribution in [1.29, 1.82) is 0 Å². The summed E-state index contributed by atoms with van der Waals surface area (Å²) < 4.78 is 27.9. The number of piperidine rings is 1. The van der Waals surface area contributed by atoms with Crippen molar-refractivity contribution in [2.45, 2.75) is 19.3 Å². The highest BCUT2D eigenvalue weighted by atomic mass is 35.5. The first-order valence-corrected chi connectivity index (χ1v) is 7.29. The Hall–Kier alpha value is -0.850. The molecule has 0 bridgehead atoms. The number of hydrogen-bond acceptors (Lipinski definition) is 3. The largest absolute Gasteiger partial charge is 0.301 e. The molecule has 0 radical (unpaired) electrons. The highest BCUT2D eigenvalue weighted by Gasteiger charge is 2.23. The molecule has 1 N–H and O–H groups in total. The molecule has 0 aromatic carbocycles. The fraction of sp³-hybridized carbons (Fsp3) is 0.500. The van der Waals surface area contributed by atoms with Gasteiger partial charge in [0.1, 0.15) is 5.15 Å². The summed E-state index contributed by atoms with van der Waals surface area (Å²) in [6.07, 6.45) is 4.33. The molecule has 7 heteroatoms. The minimum atomic E-state index is -3.45. The number of rotatable bonds is 3. The van der Waals surface area contributed by atoms with Crippen LogP contribution in [0, 0.1) is 0 Å². The summed E-state index contributed by atoms with van der Waals surface area (Å²) in [6.45, 7) is 1.16. The minimum Gasteiger partial charge on any atom is -0.269 e. The van der Waals surface area contributed by atoms with Gasteiger partial charge in [-0.05, 0) is 25.0 Å². The molecule has 0 atom stereocenters. The molecule has 0 amide bonds. The van der Waals surface area contributed by atoms with E-state index < -0.39 is 10.2 Å². The lowest BCUT2D eigenvalue weighted by Gasteiger charge is -2.26. The smallest absolute Gasteiger partial charge is 0.269 e. The van der Waals surface area contributed by atoms with Gasteiger partial charge < -0.3 is 0 Å². The highest BCUT2D eigenvalue weighted by molar-refractivity contribution is 7.90. The van der Waals surface area contributed by atoms with Crippen molar-refractivity contribution in [2.75, 3.05) is 17.8 Å². The van der Waals surface area contributed by atoms with Crippen LogP contribution in [0.25, 0.3) is 0 Å². The number of aromatic nitrogens is 1. The third-order valence-corrected chi connectivity index (χ3v) is 4.39. The van der Waals surface area contributed by atoms with Gasteiger partial charge in [0.15, 0.2) is 0 Å². The van der Waals surface area contributed by atoms with Crippen molar-refractivity contribution in [3.8, 4) is 0 Å². The van der Waals surface area contributed by atoms with Gasteiger partial charge in [-0.3, -0.25) is 4.72 Å². The zero-order valence-corrected chi connectivity index (χ0v) is 10.8. The van der Waals surface area contributed by atoms with Crippen molar-refractivity contribution in [3.63, 3.8) is 0 Å². The van der Waals surface area contributed by atoms with Crippen molar-refractivity contribution in [1.82, 2.24) is 9.29 Å².